The van der Waals surface area contributed by atoms with Crippen LogP contribution in [0.4, 0.5) is 22.7 Å². The highest BCUT2D eigenvalue weighted by molar-refractivity contribution is 6.07. The van der Waals surface area contributed by atoms with Crippen molar-refractivity contribution in [3.63, 3.8) is 0 Å². The van der Waals surface area contributed by atoms with Gasteiger partial charge >= 0.3 is 5.69 Å². The molecule has 4 rings (SSSR count). The van der Waals surface area contributed by atoms with Crippen LogP contribution in [-0.2, 0) is 0 Å². The molecule has 1 heterocycles. The van der Waals surface area contributed by atoms with Crippen LogP contribution in [0.3, 0.4) is 0 Å². The third-order valence-corrected chi connectivity index (χ3v) is 4.30. The number of nitrogens with zero attached hydrogens (tertiary/aromatic N) is 3. The first-order valence-electron chi connectivity index (χ1n) is 8.27. The first kappa shape index (κ1) is 17.2. The number of nitrogens with one attached hydrogen (secondary N) is 2. The molecule has 138 valence electrons. The first-order valence-corrected chi connectivity index (χ1v) is 8.27. The third kappa shape index (κ3) is 3.01. The van der Waals surface area contributed by atoms with Crippen LogP contribution in [0.5, 0.6) is 0 Å². The Hall–Kier alpha value is -4.27. The van der Waals surface area contributed by atoms with E-state index in [4.69, 9.17) is 0 Å². The zero-order valence-electron chi connectivity index (χ0n) is 14.3. The van der Waals surface area contributed by atoms with Gasteiger partial charge in [0, 0.05) is 16.8 Å². The summed E-state index contributed by atoms with van der Waals surface area (Å²) in [6.45, 7) is 0. The van der Waals surface area contributed by atoms with E-state index in [1.165, 1.54) is 12.1 Å². The quantitative estimate of drug-likeness (QED) is 0.296. The number of anilines is 2. The fraction of sp³-hybridized carbons (Fsp3) is 0. The summed E-state index contributed by atoms with van der Waals surface area (Å²) in [5, 5.41) is 23.9. The second-order valence-corrected chi connectivity index (χ2v) is 5.99. The van der Waals surface area contributed by atoms with E-state index in [9.17, 15) is 20.2 Å². The summed E-state index contributed by atoms with van der Waals surface area (Å²) in [4.78, 5) is 25.5. The summed E-state index contributed by atoms with van der Waals surface area (Å²) in [6, 6.07) is 18.5. The number of non-ortho nitro benzene ring substituents is 1. The largest absolute Gasteiger partial charge is 0.300 e. The first-order chi connectivity index (χ1) is 13.5. The Morgan fingerprint density at radius 2 is 1.36 bits per heavy atom. The summed E-state index contributed by atoms with van der Waals surface area (Å²) < 4.78 is 0. The molecule has 0 atom stereocenters. The molecule has 28 heavy (non-hydrogen) atoms. The Labute approximate surface area is 157 Å². The molecule has 0 radical (unpaired) electrons. The lowest BCUT2D eigenvalue weighted by Gasteiger charge is -2.15. The zero-order valence-corrected chi connectivity index (χ0v) is 14.3. The van der Waals surface area contributed by atoms with E-state index in [-0.39, 0.29) is 11.4 Å². The fourth-order valence-electron chi connectivity index (χ4n) is 2.99. The lowest BCUT2D eigenvalue weighted by molar-refractivity contribution is -0.393. The minimum atomic E-state index is -0.673. The standard InChI is InChI=1S/C19H13N5O4/c25-23(26)12-9-10-17(18(11-12)24(27)28)21-22-19-13-5-1-3-7-15(13)20-16-8-4-2-6-14(16)19/h1-11,21H,(H,20,22). The Bertz CT molecular complexity index is 1190. The minimum Gasteiger partial charge on any atom is -0.299 e. The number of hydrogen-bond donors (Lipinski definition) is 2. The van der Waals surface area contributed by atoms with Crippen molar-refractivity contribution in [1.82, 2.24) is 4.98 Å². The van der Waals surface area contributed by atoms with Gasteiger partial charge in [0.15, 0.2) is 0 Å². The molecular weight excluding hydrogens is 362 g/mol. The number of aromatic nitrogens is 1. The molecule has 0 bridgehead atoms. The molecule has 3 aromatic carbocycles. The van der Waals surface area contributed by atoms with Crippen molar-refractivity contribution in [1.29, 1.82) is 0 Å². The topological polar surface area (TPSA) is 123 Å². The van der Waals surface area contributed by atoms with Gasteiger partial charge in [-0.3, -0.25) is 31.1 Å². The summed E-state index contributed by atoms with van der Waals surface area (Å²) in [5.74, 6) is 0. The Kier molecular flexibility index (Phi) is 4.17. The second-order valence-electron chi connectivity index (χ2n) is 5.99. The molecule has 0 saturated heterocycles. The van der Waals surface area contributed by atoms with Crippen LogP contribution in [-0.4, -0.2) is 14.8 Å². The monoisotopic (exact) mass is 375 g/mol. The van der Waals surface area contributed by atoms with Gasteiger partial charge in [-0.05, 0) is 18.2 Å². The molecule has 4 aromatic rings. The number of nitro benzene ring substituents is 2. The molecule has 0 spiro atoms. The molecule has 0 aliphatic heterocycles. The van der Waals surface area contributed by atoms with E-state index in [0.29, 0.717) is 5.69 Å². The van der Waals surface area contributed by atoms with Crippen molar-refractivity contribution >= 4 is 44.6 Å². The highest BCUT2D eigenvalue weighted by Crippen LogP contribution is 2.33. The van der Waals surface area contributed by atoms with E-state index >= 15 is 0 Å². The smallest absolute Gasteiger partial charge is 0.299 e. The van der Waals surface area contributed by atoms with Gasteiger partial charge < -0.3 is 0 Å². The van der Waals surface area contributed by atoms with Gasteiger partial charge in [-0.25, -0.2) is 4.98 Å². The van der Waals surface area contributed by atoms with Crippen molar-refractivity contribution in [2.75, 3.05) is 10.9 Å². The maximum Gasteiger partial charge on any atom is 0.300 e. The number of rotatable bonds is 5. The predicted octanol–water partition coefficient (Wildman–Crippen LogP) is 4.64. The molecular formula is C19H13N5O4. The lowest BCUT2D eigenvalue weighted by atomic mass is 10.1. The van der Waals surface area contributed by atoms with Gasteiger partial charge in [0.2, 0.25) is 0 Å². The average Bonchev–Trinajstić information content (AvgIpc) is 2.70. The summed E-state index contributed by atoms with van der Waals surface area (Å²) in [6.07, 6.45) is 0. The maximum absolute atomic E-state index is 11.3. The van der Waals surface area contributed by atoms with Gasteiger partial charge in [0.25, 0.3) is 5.69 Å². The highest BCUT2D eigenvalue weighted by atomic mass is 16.6. The number of fused-ring (bicyclic) bond motifs is 2. The number of pyridine rings is 1. The molecule has 0 fully saturated rings. The van der Waals surface area contributed by atoms with Crippen molar-refractivity contribution in [2.45, 2.75) is 0 Å². The van der Waals surface area contributed by atoms with E-state index in [0.717, 1.165) is 27.9 Å². The van der Waals surface area contributed by atoms with Crippen LogP contribution in [0.25, 0.3) is 21.8 Å². The third-order valence-electron chi connectivity index (χ3n) is 4.30. The van der Waals surface area contributed by atoms with Gasteiger partial charge in [0.1, 0.15) is 5.69 Å². The molecule has 0 saturated carbocycles. The van der Waals surface area contributed by atoms with Crippen molar-refractivity contribution < 1.29 is 9.85 Å². The average molecular weight is 375 g/mol. The number of benzene rings is 3. The molecule has 1 aromatic heterocycles. The second kappa shape index (κ2) is 6.80. The number of para-hydroxylation sites is 2. The Balaban J connectivity index is 1.79. The SMILES string of the molecule is O=[N+]([O-])c1ccc(NNc2c3ccccc3nc3ccccc23)c([N+](=O)[O-])c1. The van der Waals surface area contributed by atoms with Crippen molar-refractivity contribution in [2.24, 2.45) is 0 Å². The van der Waals surface area contributed by atoms with Crippen molar-refractivity contribution in [3.8, 4) is 0 Å². The zero-order chi connectivity index (χ0) is 19.7. The maximum atomic E-state index is 11.3. The molecule has 0 aliphatic carbocycles. The molecule has 0 aliphatic rings. The number of hydrogen-bond acceptors (Lipinski definition) is 7. The summed E-state index contributed by atoms with van der Waals surface area (Å²) in [5.41, 5.74) is 7.45. The fourth-order valence-corrected chi connectivity index (χ4v) is 2.99. The van der Waals surface area contributed by atoms with Crippen LogP contribution in [0.1, 0.15) is 0 Å². The molecule has 0 unspecified atom stereocenters. The summed E-state index contributed by atoms with van der Waals surface area (Å²) in [7, 11) is 0. The number of nitro groups is 2. The van der Waals surface area contributed by atoms with Crippen LogP contribution in [0, 0.1) is 20.2 Å². The van der Waals surface area contributed by atoms with Crippen LogP contribution in [0.2, 0.25) is 0 Å². The van der Waals surface area contributed by atoms with Gasteiger partial charge in [-0.2, -0.15) is 0 Å². The normalized spacial score (nSPS) is 10.7. The Morgan fingerprint density at radius 1 is 0.750 bits per heavy atom. The van der Waals surface area contributed by atoms with E-state index < -0.39 is 15.5 Å². The molecule has 2 N–H and O–H groups in total. The molecule has 9 nitrogen and oxygen atoms in total. The Morgan fingerprint density at radius 3 is 1.93 bits per heavy atom. The molecule has 0 amide bonds. The summed E-state index contributed by atoms with van der Waals surface area (Å²) >= 11 is 0. The van der Waals surface area contributed by atoms with Gasteiger partial charge in [0.05, 0.1) is 32.6 Å². The van der Waals surface area contributed by atoms with E-state index in [1.54, 1.807) is 0 Å². The van der Waals surface area contributed by atoms with E-state index in [2.05, 4.69) is 15.8 Å². The molecule has 9 heteroatoms. The minimum absolute atomic E-state index is 0.112. The van der Waals surface area contributed by atoms with E-state index in [1.807, 2.05) is 48.5 Å². The lowest BCUT2D eigenvalue weighted by Crippen LogP contribution is -2.11. The van der Waals surface area contributed by atoms with Gasteiger partial charge in [-0.15, -0.1) is 0 Å². The van der Waals surface area contributed by atoms with Crippen LogP contribution in [0.15, 0.2) is 66.7 Å². The highest BCUT2D eigenvalue weighted by Gasteiger charge is 2.20. The van der Waals surface area contributed by atoms with Crippen molar-refractivity contribution in [3.05, 3.63) is 87.0 Å². The predicted molar refractivity (Wildman–Crippen MR) is 106 cm³/mol. The van der Waals surface area contributed by atoms with Crippen LogP contribution < -0.4 is 10.9 Å². The van der Waals surface area contributed by atoms with Crippen LogP contribution >= 0.6 is 0 Å². The number of hydrazine groups is 1. The van der Waals surface area contributed by atoms with Gasteiger partial charge in [-0.1, -0.05) is 36.4 Å².